The molecule has 2 fully saturated rings. The minimum absolute atomic E-state index is 0.262. The van der Waals surface area contributed by atoms with Crippen LogP contribution >= 0.6 is 0 Å². The maximum atomic E-state index is 12.2. The van der Waals surface area contributed by atoms with E-state index in [1.165, 1.54) is 0 Å². The molecule has 0 N–H and O–H groups in total. The summed E-state index contributed by atoms with van der Waals surface area (Å²) in [4.78, 5) is 18.9. The van der Waals surface area contributed by atoms with Crippen LogP contribution in [0.15, 0.2) is 0 Å². The summed E-state index contributed by atoms with van der Waals surface area (Å²) in [5.41, 5.74) is 0. The third kappa shape index (κ3) is 2.55. The average Bonchev–Trinajstić information content (AvgIpc) is 2.75. The minimum Gasteiger partial charge on any atom is -0.340 e. The maximum absolute atomic E-state index is 12.2. The van der Waals surface area contributed by atoms with Crippen LogP contribution in [0.3, 0.4) is 0 Å². The van der Waals surface area contributed by atoms with Crippen molar-refractivity contribution >= 4 is 5.91 Å². The van der Waals surface area contributed by atoms with E-state index >= 15 is 0 Å². The first kappa shape index (κ1) is 11.9. The quantitative estimate of drug-likeness (QED) is 0.667. The Kier molecular flexibility index (Phi) is 3.82. The number of hydrogen-bond acceptors (Lipinski definition) is 3. The van der Waals surface area contributed by atoms with Crippen LogP contribution in [0.4, 0.5) is 0 Å². The first-order chi connectivity index (χ1) is 7.70. The first-order valence-corrected chi connectivity index (χ1v) is 6.40. The molecule has 1 atom stereocenters. The smallest absolute Gasteiger partial charge is 0.227 e. The lowest BCUT2D eigenvalue weighted by Gasteiger charge is -2.35. The Morgan fingerprint density at radius 2 is 1.88 bits per heavy atom. The molecule has 4 nitrogen and oxygen atoms in total. The van der Waals surface area contributed by atoms with Crippen molar-refractivity contribution in [3.8, 4) is 0 Å². The summed E-state index contributed by atoms with van der Waals surface area (Å²) < 4.78 is 0. The number of amides is 1. The van der Waals surface area contributed by atoms with Gasteiger partial charge in [-0.25, -0.2) is 0 Å². The Bertz CT molecular complexity index is 249. The predicted octanol–water partition coefficient (Wildman–Crippen LogP) is 0.102. The van der Waals surface area contributed by atoms with Crippen LogP contribution in [0, 0.1) is 5.92 Å². The zero-order valence-electron chi connectivity index (χ0n) is 10.5. The molecule has 2 rings (SSSR count). The molecule has 0 aromatic heterocycles. The zero-order valence-corrected chi connectivity index (χ0v) is 10.5. The number of likely N-dealkylation sites (N-methyl/N-ethyl adjacent to an activating group) is 1. The van der Waals surface area contributed by atoms with Crippen LogP contribution in [0.2, 0.25) is 0 Å². The fraction of sp³-hybridized carbons (Fsp3) is 0.917. The summed E-state index contributed by atoms with van der Waals surface area (Å²) in [6.45, 7) is 9.26. The molecular formula is C12H23N3O. The molecule has 0 radical (unpaired) electrons. The van der Waals surface area contributed by atoms with Crippen molar-refractivity contribution in [1.29, 1.82) is 0 Å². The van der Waals surface area contributed by atoms with Gasteiger partial charge in [-0.1, -0.05) is 6.92 Å². The van der Waals surface area contributed by atoms with E-state index in [1.807, 2.05) is 0 Å². The Balaban J connectivity index is 1.82. The number of carbonyl (C=O) groups excluding carboxylic acids is 1. The molecule has 1 amide bonds. The summed E-state index contributed by atoms with van der Waals surface area (Å²) in [7, 11) is 2.10. The minimum atomic E-state index is 0.262. The van der Waals surface area contributed by atoms with Gasteiger partial charge in [-0.05, 0) is 26.6 Å². The van der Waals surface area contributed by atoms with Crippen molar-refractivity contribution in [2.75, 3.05) is 52.9 Å². The normalized spacial score (nSPS) is 28.6. The number of nitrogens with zero attached hydrogens (tertiary/aromatic N) is 3. The third-order valence-electron chi connectivity index (χ3n) is 3.87. The fourth-order valence-corrected chi connectivity index (χ4v) is 2.68. The molecule has 0 aromatic carbocycles. The molecule has 92 valence electrons. The summed E-state index contributed by atoms with van der Waals surface area (Å²) in [5.74, 6) is 0.651. The summed E-state index contributed by atoms with van der Waals surface area (Å²) in [6, 6.07) is 0. The molecule has 16 heavy (non-hydrogen) atoms. The van der Waals surface area contributed by atoms with Gasteiger partial charge in [0.1, 0.15) is 0 Å². The van der Waals surface area contributed by atoms with Gasteiger partial charge in [0.05, 0.1) is 5.92 Å². The van der Waals surface area contributed by atoms with Crippen LogP contribution < -0.4 is 0 Å². The molecule has 0 aliphatic carbocycles. The molecule has 0 saturated carbocycles. The molecule has 1 unspecified atom stereocenters. The molecular weight excluding hydrogens is 202 g/mol. The van der Waals surface area contributed by atoms with E-state index in [0.717, 1.165) is 52.2 Å². The lowest BCUT2D eigenvalue weighted by Crippen LogP contribution is -2.50. The lowest BCUT2D eigenvalue weighted by molar-refractivity contribution is -0.136. The van der Waals surface area contributed by atoms with E-state index in [1.54, 1.807) is 0 Å². The number of rotatable bonds is 2. The van der Waals surface area contributed by atoms with Crippen molar-refractivity contribution in [1.82, 2.24) is 14.7 Å². The van der Waals surface area contributed by atoms with E-state index < -0.39 is 0 Å². The molecule has 2 heterocycles. The molecule has 0 aromatic rings. The van der Waals surface area contributed by atoms with Crippen LogP contribution in [0.5, 0.6) is 0 Å². The van der Waals surface area contributed by atoms with Gasteiger partial charge >= 0.3 is 0 Å². The molecule has 0 bridgehead atoms. The number of likely N-dealkylation sites (tertiary alicyclic amines) is 1. The maximum Gasteiger partial charge on any atom is 0.227 e. The molecule has 0 spiro atoms. The molecule has 2 aliphatic rings. The van der Waals surface area contributed by atoms with Crippen LogP contribution in [-0.2, 0) is 4.79 Å². The largest absolute Gasteiger partial charge is 0.340 e. The van der Waals surface area contributed by atoms with Gasteiger partial charge in [0.2, 0.25) is 5.91 Å². The van der Waals surface area contributed by atoms with E-state index in [2.05, 4.69) is 28.7 Å². The van der Waals surface area contributed by atoms with Gasteiger partial charge in [0.25, 0.3) is 0 Å². The predicted molar refractivity (Wildman–Crippen MR) is 64.3 cm³/mol. The molecule has 2 aliphatic heterocycles. The monoisotopic (exact) mass is 225 g/mol. The molecule has 4 heteroatoms. The number of hydrogen-bond donors (Lipinski definition) is 0. The second-order valence-electron chi connectivity index (χ2n) is 5.01. The average molecular weight is 225 g/mol. The van der Waals surface area contributed by atoms with Gasteiger partial charge < -0.3 is 14.7 Å². The highest BCUT2D eigenvalue weighted by atomic mass is 16.2. The SMILES string of the molecule is CCN1CCN(C(=O)C2CCN(C)C2)CC1. The van der Waals surface area contributed by atoms with Gasteiger partial charge in [-0.2, -0.15) is 0 Å². The highest BCUT2D eigenvalue weighted by Gasteiger charge is 2.31. The van der Waals surface area contributed by atoms with E-state index in [9.17, 15) is 4.79 Å². The van der Waals surface area contributed by atoms with E-state index in [0.29, 0.717) is 5.91 Å². The second-order valence-corrected chi connectivity index (χ2v) is 5.01. The molecule has 2 saturated heterocycles. The number of piperazine rings is 1. The van der Waals surface area contributed by atoms with Crippen molar-refractivity contribution in [2.45, 2.75) is 13.3 Å². The Labute approximate surface area is 98.2 Å². The summed E-state index contributed by atoms with van der Waals surface area (Å²) >= 11 is 0. The van der Waals surface area contributed by atoms with Gasteiger partial charge in [0, 0.05) is 32.7 Å². The van der Waals surface area contributed by atoms with Crippen molar-refractivity contribution in [2.24, 2.45) is 5.92 Å². The number of carbonyl (C=O) groups is 1. The van der Waals surface area contributed by atoms with Crippen molar-refractivity contribution < 1.29 is 4.79 Å². The van der Waals surface area contributed by atoms with Crippen LogP contribution in [-0.4, -0.2) is 73.5 Å². The van der Waals surface area contributed by atoms with Gasteiger partial charge in [0.15, 0.2) is 0 Å². The Hall–Kier alpha value is -0.610. The second kappa shape index (κ2) is 5.15. The first-order valence-electron chi connectivity index (χ1n) is 6.40. The van der Waals surface area contributed by atoms with Crippen LogP contribution in [0.25, 0.3) is 0 Å². The topological polar surface area (TPSA) is 26.8 Å². The van der Waals surface area contributed by atoms with E-state index in [4.69, 9.17) is 0 Å². The highest BCUT2D eigenvalue weighted by Crippen LogP contribution is 2.18. The third-order valence-corrected chi connectivity index (χ3v) is 3.87. The van der Waals surface area contributed by atoms with Crippen molar-refractivity contribution in [3.63, 3.8) is 0 Å². The van der Waals surface area contributed by atoms with Crippen molar-refractivity contribution in [3.05, 3.63) is 0 Å². The zero-order chi connectivity index (χ0) is 11.5. The van der Waals surface area contributed by atoms with Gasteiger partial charge in [-0.15, -0.1) is 0 Å². The Morgan fingerprint density at radius 1 is 1.19 bits per heavy atom. The highest BCUT2D eigenvalue weighted by molar-refractivity contribution is 5.79. The summed E-state index contributed by atoms with van der Waals surface area (Å²) in [6.07, 6.45) is 1.04. The van der Waals surface area contributed by atoms with Gasteiger partial charge in [-0.3, -0.25) is 4.79 Å². The standard InChI is InChI=1S/C12H23N3O/c1-3-14-6-8-15(9-7-14)12(16)11-4-5-13(2)10-11/h11H,3-10H2,1-2H3. The fourth-order valence-electron chi connectivity index (χ4n) is 2.68. The Morgan fingerprint density at radius 3 is 2.38 bits per heavy atom. The van der Waals surface area contributed by atoms with Crippen LogP contribution in [0.1, 0.15) is 13.3 Å². The lowest BCUT2D eigenvalue weighted by atomic mass is 10.1. The van der Waals surface area contributed by atoms with E-state index in [-0.39, 0.29) is 5.92 Å². The summed E-state index contributed by atoms with van der Waals surface area (Å²) in [5, 5.41) is 0.